The quantitative estimate of drug-likeness (QED) is 0.455. The summed E-state index contributed by atoms with van der Waals surface area (Å²) < 4.78 is 0. The van der Waals surface area contributed by atoms with Crippen LogP contribution >= 0.6 is 0 Å². The van der Waals surface area contributed by atoms with Crippen molar-refractivity contribution in [1.82, 2.24) is 0 Å². The van der Waals surface area contributed by atoms with Crippen LogP contribution in [0.1, 0.15) is 16.7 Å². The summed E-state index contributed by atoms with van der Waals surface area (Å²) in [6, 6.07) is 10.6. The standard InChI is InChI=1S/C17H11N3O/c1-12-13(5-4-6-16(12)20-11-21)9-14-7-8-15(18-2)10-17(14)19-3/h4-8,10H,9H2,1H3. The molecule has 0 bridgehead atoms. The maximum absolute atomic E-state index is 10.4. The molecule has 0 unspecified atom stereocenters. The van der Waals surface area contributed by atoms with Crippen molar-refractivity contribution in [2.45, 2.75) is 13.3 Å². The first-order chi connectivity index (χ1) is 10.2. The second-order valence-corrected chi connectivity index (χ2v) is 4.48. The molecule has 0 heterocycles. The molecule has 0 radical (unpaired) electrons. The fourth-order valence-corrected chi connectivity index (χ4v) is 2.11. The average molecular weight is 273 g/mol. The minimum absolute atomic E-state index is 0.459. The molecule has 2 aromatic rings. The number of nitrogens with zero attached hydrogens (tertiary/aromatic N) is 3. The lowest BCUT2D eigenvalue weighted by molar-refractivity contribution is 0.565. The predicted octanol–water partition coefficient (Wildman–Crippen LogP) is 4.65. The van der Waals surface area contributed by atoms with E-state index in [2.05, 4.69) is 14.7 Å². The van der Waals surface area contributed by atoms with Gasteiger partial charge in [0, 0.05) is 0 Å². The lowest BCUT2D eigenvalue weighted by Crippen LogP contribution is -1.92. The molecule has 0 aliphatic carbocycles. The molecule has 0 N–H and O–H groups in total. The Morgan fingerprint density at radius 1 is 1.14 bits per heavy atom. The fraction of sp³-hybridized carbons (Fsp3) is 0.118. The van der Waals surface area contributed by atoms with E-state index in [4.69, 9.17) is 13.1 Å². The van der Waals surface area contributed by atoms with E-state index >= 15 is 0 Å². The topological polar surface area (TPSA) is 38.1 Å². The molecule has 4 heteroatoms. The number of aliphatic imine (C=N–C) groups is 1. The Morgan fingerprint density at radius 3 is 2.62 bits per heavy atom. The SMILES string of the molecule is [C-]#[N+]c1ccc(Cc2cccc(N=C=O)c2C)c([N+]#[C-])c1. The van der Waals surface area contributed by atoms with Gasteiger partial charge >= 0.3 is 0 Å². The van der Waals surface area contributed by atoms with Gasteiger partial charge in [-0.1, -0.05) is 30.3 Å². The van der Waals surface area contributed by atoms with Crippen molar-refractivity contribution in [2.75, 3.05) is 0 Å². The molecule has 0 atom stereocenters. The summed E-state index contributed by atoms with van der Waals surface area (Å²) in [7, 11) is 0. The van der Waals surface area contributed by atoms with Gasteiger partial charge in [-0.2, -0.15) is 4.99 Å². The molecule has 2 rings (SSSR count). The van der Waals surface area contributed by atoms with E-state index in [1.54, 1.807) is 30.3 Å². The van der Waals surface area contributed by atoms with Crippen molar-refractivity contribution >= 4 is 23.1 Å². The molecular weight excluding hydrogens is 262 g/mol. The Kier molecular flexibility index (Phi) is 4.26. The van der Waals surface area contributed by atoms with E-state index in [0.717, 1.165) is 16.7 Å². The highest BCUT2D eigenvalue weighted by atomic mass is 16.1. The van der Waals surface area contributed by atoms with Crippen molar-refractivity contribution in [2.24, 2.45) is 4.99 Å². The van der Waals surface area contributed by atoms with Gasteiger partial charge in [-0.15, -0.1) is 0 Å². The summed E-state index contributed by atoms with van der Waals surface area (Å²) in [5, 5.41) is 0. The molecule has 100 valence electrons. The van der Waals surface area contributed by atoms with Crippen molar-refractivity contribution < 1.29 is 4.79 Å². The molecule has 0 aliphatic heterocycles. The van der Waals surface area contributed by atoms with E-state index in [-0.39, 0.29) is 0 Å². The minimum Gasteiger partial charge on any atom is -0.240 e. The van der Waals surface area contributed by atoms with Crippen LogP contribution in [0, 0.1) is 20.1 Å². The lowest BCUT2D eigenvalue weighted by Gasteiger charge is -2.09. The van der Waals surface area contributed by atoms with Crippen LogP contribution in [0.4, 0.5) is 17.1 Å². The largest absolute Gasteiger partial charge is 0.240 e. The Morgan fingerprint density at radius 2 is 1.95 bits per heavy atom. The zero-order valence-electron chi connectivity index (χ0n) is 11.4. The van der Waals surface area contributed by atoms with Gasteiger partial charge < -0.3 is 0 Å². The van der Waals surface area contributed by atoms with Gasteiger partial charge in [0.25, 0.3) is 0 Å². The van der Waals surface area contributed by atoms with E-state index in [1.807, 2.05) is 19.1 Å². The highest BCUT2D eigenvalue weighted by Gasteiger charge is 2.08. The van der Waals surface area contributed by atoms with Crippen LogP contribution in [0.5, 0.6) is 0 Å². The second kappa shape index (κ2) is 6.30. The molecular formula is C17H11N3O. The highest BCUT2D eigenvalue weighted by Crippen LogP contribution is 2.30. The van der Waals surface area contributed by atoms with Crippen LogP contribution in [0.3, 0.4) is 0 Å². The van der Waals surface area contributed by atoms with Crippen molar-refractivity contribution in [3.05, 3.63) is 75.9 Å². The van der Waals surface area contributed by atoms with Gasteiger partial charge in [0.1, 0.15) is 0 Å². The molecule has 0 aromatic heterocycles. The smallest absolute Gasteiger partial charge is 0.240 e. The number of benzene rings is 2. The highest BCUT2D eigenvalue weighted by molar-refractivity contribution is 5.64. The molecule has 21 heavy (non-hydrogen) atoms. The number of hydrogen-bond acceptors (Lipinski definition) is 2. The first-order valence-corrected chi connectivity index (χ1v) is 6.23. The third-order valence-electron chi connectivity index (χ3n) is 3.28. The van der Waals surface area contributed by atoms with Crippen LogP contribution in [0.2, 0.25) is 0 Å². The summed E-state index contributed by atoms with van der Waals surface area (Å²) in [5.41, 5.74) is 4.27. The van der Waals surface area contributed by atoms with E-state index in [9.17, 15) is 4.79 Å². The first kappa shape index (κ1) is 14.2. The number of isocyanates is 1. The third kappa shape index (κ3) is 3.04. The summed E-state index contributed by atoms with van der Waals surface area (Å²) in [6.45, 7) is 16.1. The number of rotatable bonds is 3. The van der Waals surface area contributed by atoms with E-state index in [0.29, 0.717) is 23.5 Å². The van der Waals surface area contributed by atoms with Crippen molar-refractivity contribution in [3.8, 4) is 0 Å². The number of carbonyl (C=O) groups excluding carboxylic acids is 1. The van der Waals surface area contributed by atoms with E-state index < -0.39 is 0 Å². The van der Waals surface area contributed by atoms with Gasteiger partial charge in [-0.25, -0.2) is 14.5 Å². The number of hydrogen-bond donors (Lipinski definition) is 0. The zero-order chi connectivity index (χ0) is 15.2. The Labute approximate surface area is 123 Å². The Balaban J connectivity index is 2.44. The van der Waals surface area contributed by atoms with Crippen LogP contribution in [-0.4, -0.2) is 6.08 Å². The summed E-state index contributed by atoms with van der Waals surface area (Å²) in [4.78, 5) is 20.9. The maximum Gasteiger partial charge on any atom is 0.240 e. The monoisotopic (exact) mass is 273 g/mol. The molecule has 0 amide bonds. The summed E-state index contributed by atoms with van der Waals surface area (Å²) >= 11 is 0. The van der Waals surface area contributed by atoms with Gasteiger partial charge in [-0.05, 0) is 36.1 Å². The molecule has 0 saturated carbocycles. The normalized spacial score (nSPS) is 9.29. The predicted molar refractivity (Wildman–Crippen MR) is 80.7 cm³/mol. The van der Waals surface area contributed by atoms with Gasteiger partial charge in [0.15, 0.2) is 11.4 Å². The van der Waals surface area contributed by atoms with Crippen LogP contribution in [0.25, 0.3) is 9.69 Å². The molecule has 4 nitrogen and oxygen atoms in total. The zero-order valence-corrected chi connectivity index (χ0v) is 11.4. The third-order valence-corrected chi connectivity index (χ3v) is 3.28. The Bertz CT molecular complexity index is 819. The molecule has 0 aliphatic rings. The molecule has 0 saturated heterocycles. The fourth-order valence-electron chi connectivity index (χ4n) is 2.11. The van der Waals surface area contributed by atoms with Crippen LogP contribution < -0.4 is 0 Å². The summed E-state index contributed by atoms with van der Waals surface area (Å²) in [6.07, 6.45) is 2.11. The van der Waals surface area contributed by atoms with Gasteiger partial charge in [0.2, 0.25) is 6.08 Å². The van der Waals surface area contributed by atoms with Crippen molar-refractivity contribution in [1.29, 1.82) is 0 Å². The summed E-state index contributed by atoms with van der Waals surface area (Å²) in [5.74, 6) is 0. The first-order valence-electron chi connectivity index (χ1n) is 6.23. The molecule has 0 fully saturated rings. The van der Waals surface area contributed by atoms with Crippen molar-refractivity contribution in [3.63, 3.8) is 0 Å². The molecule has 2 aromatic carbocycles. The molecule has 0 spiro atoms. The lowest BCUT2D eigenvalue weighted by atomic mass is 9.98. The van der Waals surface area contributed by atoms with Crippen LogP contribution in [-0.2, 0) is 11.2 Å². The van der Waals surface area contributed by atoms with E-state index in [1.165, 1.54) is 0 Å². The van der Waals surface area contributed by atoms with Gasteiger partial charge in [0.05, 0.1) is 18.8 Å². The van der Waals surface area contributed by atoms with Gasteiger partial charge in [-0.3, -0.25) is 0 Å². The second-order valence-electron chi connectivity index (χ2n) is 4.48. The Hall–Kier alpha value is -3.20. The maximum atomic E-state index is 10.4. The minimum atomic E-state index is 0.459. The average Bonchev–Trinajstić information content (AvgIpc) is 2.51. The van der Waals surface area contributed by atoms with Crippen LogP contribution in [0.15, 0.2) is 41.4 Å².